The molecule has 1 unspecified atom stereocenters. The molecule has 3 N–H and O–H groups in total. The summed E-state index contributed by atoms with van der Waals surface area (Å²) >= 11 is 0.830. The van der Waals surface area contributed by atoms with Crippen LogP contribution < -0.4 is 11.1 Å². The van der Waals surface area contributed by atoms with Crippen LogP contribution in [0.25, 0.3) is 0 Å². The second-order valence-electron chi connectivity index (χ2n) is 5.80. The zero-order chi connectivity index (χ0) is 18.2. The van der Waals surface area contributed by atoms with Gasteiger partial charge < -0.3 is 11.1 Å². The summed E-state index contributed by atoms with van der Waals surface area (Å²) in [5.41, 5.74) is 8.36. The molecule has 25 heavy (non-hydrogen) atoms. The molecule has 1 aromatic heterocycles. The summed E-state index contributed by atoms with van der Waals surface area (Å²) in [6.07, 6.45) is 2.37. The Bertz CT molecular complexity index is 910. The van der Waals surface area contributed by atoms with E-state index in [0.29, 0.717) is 12.1 Å². The van der Waals surface area contributed by atoms with Crippen molar-refractivity contribution in [2.24, 2.45) is 0 Å². The maximum absolute atomic E-state index is 12.8. The molecular weight excluding hydrogens is 370 g/mol. The molecule has 1 atom stereocenters. The first-order valence-electron chi connectivity index (χ1n) is 7.59. The molecule has 1 aliphatic rings. The van der Waals surface area contributed by atoms with Crippen molar-refractivity contribution < 1.29 is 22.0 Å². The van der Waals surface area contributed by atoms with Gasteiger partial charge in [0.05, 0.1) is 10.9 Å². The first-order chi connectivity index (χ1) is 11.8. The minimum absolute atomic E-state index is 0.220. The van der Waals surface area contributed by atoms with E-state index in [1.165, 1.54) is 5.38 Å². The highest BCUT2D eigenvalue weighted by molar-refractivity contribution is 7.92. The van der Waals surface area contributed by atoms with Gasteiger partial charge in [-0.3, -0.25) is 4.79 Å². The minimum Gasteiger partial charge on any atom is -0.399 e. The van der Waals surface area contributed by atoms with E-state index < -0.39 is 26.4 Å². The molecule has 0 radical (unpaired) electrons. The lowest BCUT2D eigenvalue weighted by Gasteiger charge is -2.26. The van der Waals surface area contributed by atoms with Gasteiger partial charge >= 0.3 is 5.76 Å². The zero-order valence-corrected chi connectivity index (χ0v) is 14.7. The lowest BCUT2D eigenvalue weighted by Crippen LogP contribution is -2.31. The van der Waals surface area contributed by atoms with Crippen LogP contribution in [0.3, 0.4) is 0 Å². The Morgan fingerprint density at radius 3 is 2.80 bits per heavy atom. The Balaban J connectivity index is 1.87. The lowest BCUT2D eigenvalue weighted by molar-refractivity contribution is 0.0934. The van der Waals surface area contributed by atoms with E-state index in [-0.39, 0.29) is 10.9 Å². The molecule has 1 heterocycles. The van der Waals surface area contributed by atoms with Gasteiger partial charge in [-0.05, 0) is 54.0 Å². The lowest BCUT2D eigenvalue weighted by atomic mass is 9.87. The quantitative estimate of drug-likeness (QED) is 0.790. The molecule has 0 saturated heterocycles. The predicted octanol–water partition coefficient (Wildman–Crippen LogP) is 3.13. The molecule has 0 fully saturated rings. The van der Waals surface area contributed by atoms with E-state index >= 15 is 0 Å². The number of hydrogen-bond acceptors (Lipinski definition) is 5. The van der Waals surface area contributed by atoms with Crippen molar-refractivity contribution in [3.63, 3.8) is 0 Å². The topological polar surface area (TPSA) is 89.3 Å². The third-order valence-electron chi connectivity index (χ3n) is 4.16. The number of aryl methyl sites for hydroxylation is 1. The minimum atomic E-state index is -4.82. The van der Waals surface area contributed by atoms with Crippen LogP contribution in [0.2, 0.25) is 0 Å². The van der Waals surface area contributed by atoms with Gasteiger partial charge in [0.2, 0.25) is 9.84 Å². The summed E-state index contributed by atoms with van der Waals surface area (Å²) in [6.45, 7) is 0. The normalized spacial score (nSPS) is 17.3. The maximum atomic E-state index is 12.8. The Morgan fingerprint density at radius 1 is 1.32 bits per heavy atom. The number of thiophene rings is 1. The number of alkyl halides is 2. The van der Waals surface area contributed by atoms with E-state index in [4.69, 9.17) is 5.73 Å². The summed E-state index contributed by atoms with van der Waals surface area (Å²) in [5.74, 6) is -4.23. The highest BCUT2D eigenvalue weighted by Gasteiger charge is 2.33. The number of nitrogen functional groups attached to an aromatic ring is 1. The van der Waals surface area contributed by atoms with Crippen LogP contribution in [0.5, 0.6) is 0 Å². The van der Waals surface area contributed by atoms with E-state index in [1.807, 2.05) is 12.1 Å². The zero-order valence-electron chi connectivity index (χ0n) is 13.0. The molecule has 0 bridgehead atoms. The molecule has 5 nitrogen and oxygen atoms in total. The van der Waals surface area contributed by atoms with Gasteiger partial charge in [0, 0.05) is 5.69 Å². The smallest absolute Gasteiger partial charge is 0.341 e. The summed E-state index contributed by atoms with van der Waals surface area (Å²) in [7, 11) is -4.82. The van der Waals surface area contributed by atoms with Gasteiger partial charge in [-0.15, -0.1) is 11.3 Å². The number of halogens is 2. The van der Waals surface area contributed by atoms with Crippen LogP contribution in [0.15, 0.2) is 34.5 Å². The van der Waals surface area contributed by atoms with Crippen molar-refractivity contribution in [1.29, 1.82) is 0 Å². The molecule has 1 amide bonds. The summed E-state index contributed by atoms with van der Waals surface area (Å²) in [5, 5.41) is 4.09. The molecular formula is C16H16F2N2O3S2. The fraction of sp³-hybridized carbons (Fsp3) is 0.312. The van der Waals surface area contributed by atoms with Crippen LogP contribution in [0.4, 0.5) is 14.5 Å². The highest BCUT2D eigenvalue weighted by Crippen LogP contribution is 2.32. The largest absolute Gasteiger partial charge is 0.399 e. The number of nitrogens with two attached hydrogens (primary N) is 1. The Labute approximate surface area is 147 Å². The molecule has 0 spiro atoms. The standard InChI is InChI=1S/C16H16F2N2O3S2/c17-16(18)25(22,23)13-6-7-24-14(13)15(21)20-12-3-1-2-9-8-10(19)4-5-11(9)12/h4-8,12,16H,1-3,19H2,(H,20,21). The van der Waals surface area contributed by atoms with Crippen molar-refractivity contribution in [3.05, 3.63) is 45.6 Å². The van der Waals surface area contributed by atoms with Crippen LogP contribution in [-0.2, 0) is 16.3 Å². The molecule has 2 aromatic rings. The number of amides is 1. The first-order valence-corrected chi connectivity index (χ1v) is 10.0. The van der Waals surface area contributed by atoms with Gasteiger partial charge in [0.1, 0.15) is 4.88 Å². The number of hydrogen-bond donors (Lipinski definition) is 2. The fourth-order valence-corrected chi connectivity index (χ4v) is 5.06. The van der Waals surface area contributed by atoms with Crippen LogP contribution in [0.1, 0.15) is 39.7 Å². The number of sulfone groups is 1. The number of carbonyl (C=O) groups is 1. The number of benzene rings is 1. The molecule has 134 valence electrons. The monoisotopic (exact) mass is 386 g/mol. The van der Waals surface area contributed by atoms with Gasteiger partial charge in [-0.1, -0.05) is 6.07 Å². The average Bonchev–Trinajstić information content (AvgIpc) is 3.05. The molecule has 1 aromatic carbocycles. The van der Waals surface area contributed by atoms with Crippen LogP contribution in [0, 0.1) is 0 Å². The van der Waals surface area contributed by atoms with E-state index in [0.717, 1.165) is 41.4 Å². The predicted molar refractivity (Wildman–Crippen MR) is 91.5 cm³/mol. The van der Waals surface area contributed by atoms with E-state index in [1.54, 1.807) is 6.07 Å². The number of nitrogens with one attached hydrogen (secondary N) is 1. The number of anilines is 1. The SMILES string of the molecule is Nc1ccc2c(c1)CCCC2NC(=O)c1sccc1S(=O)(=O)C(F)F. The maximum Gasteiger partial charge on any atom is 0.341 e. The van der Waals surface area contributed by atoms with E-state index in [2.05, 4.69) is 5.32 Å². The Morgan fingerprint density at radius 2 is 2.08 bits per heavy atom. The number of fused-ring (bicyclic) bond motifs is 1. The molecule has 0 saturated carbocycles. The van der Waals surface area contributed by atoms with Gasteiger partial charge in [-0.2, -0.15) is 8.78 Å². The summed E-state index contributed by atoms with van der Waals surface area (Å²) in [4.78, 5) is 11.7. The van der Waals surface area contributed by atoms with Gasteiger partial charge in [-0.25, -0.2) is 8.42 Å². The van der Waals surface area contributed by atoms with Crippen molar-refractivity contribution in [1.82, 2.24) is 5.32 Å². The van der Waals surface area contributed by atoms with Crippen LogP contribution in [-0.4, -0.2) is 20.1 Å². The average molecular weight is 386 g/mol. The van der Waals surface area contributed by atoms with Crippen molar-refractivity contribution >= 4 is 32.8 Å². The fourth-order valence-electron chi connectivity index (χ4n) is 2.99. The van der Waals surface area contributed by atoms with Gasteiger partial charge in [0.15, 0.2) is 0 Å². The molecule has 3 rings (SSSR count). The van der Waals surface area contributed by atoms with Crippen molar-refractivity contribution in [3.8, 4) is 0 Å². The molecule has 9 heteroatoms. The Kier molecular flexibility index (Phi) is 4.79. The Hall–Kier alpha value is -2.00. The van der Waals surface area contributed by atoms with Crippen molar-refractivity contribution in [2.45, 2.75) is 36.0 Å². The first kappa shape index (κ1) is 17.8. The van der Waals surface area contributed by atoms with Gasteiger partial charge in [0.25, 0.3) is 5.91 Å². The third kappa shape index (κ3) is 3.38. The van der Waals surface area contributed by atoms with Crippen LogP contribution >= 0.6 is 11.3 Å². The number of carbonyl (C=O) groups excluding carboxylic acids is 1. The molecule has 0 aliphatic heterocycles. The number of rotatable bonds is 4. The summed E-state index contributed by atoms with van der Waals surface area (Å²) in [6, 6.07) is 6.16. The highest BCUT2D eigenvalue weighted by atomic mass is 32.2. The summed E-state index contributed by atoms with van der Waals surface area (Å²) < 4.78 is 49.0. The second-order valence-corrected chi connectivity index (χ2v) is 8.60. The molecule has 1 aliphatic carbocycles. The second kappa shape index (κ2) is 6.72. The third-order valence-corrected chi connectivity index (χ3v) is 6.63. The van der Waals surface area contributed by atoms with Crippen molar-refractivity contribution in [2.75, 3.05) is 5.73 Å². The van der Waals surface area contributed by atoms with E-state index in [9.17, 15) is 22.0 Å².